The highest BCUT2D eigenvalue weighted by molar-refractivity contribution is 6.05. The van der Waals surface area contributed by atoms with Gasteiger partial charge in [0.05, 0.1) is 5.92 Å². The Morgan fingerprint density at radius 3 is 2.47 bits per heavy atom. The van der Waals surface area contributed by atoms with Crippen molar-refractivity contribution in [1.29, 1.82) is 0 Å². The van der Waals surface area contributed by atoms with Gasteiger partial charge in [0.15, 0.2) is 0 Å². The second-order valence-electron chi connectivity index (χ2n) is 4.36. The van der Waals surface area contributed by atoms with Gasteiger partial charge in [-0.15, -0.1) is 24.8 Å². The van der Waals surface area contributed by atoms with E-state index in [4.69, 9.17) is 4.65 Å². The molecule has 0 aromatic rings. The maximum Gasteiger partial charge on any atom is 0.325 e. The highest BCUT2D eigenvalue weighted by atomic mass is 35.5. The molecule has 0 aromatic carbocycles. The van der Waals surface area contributed by atoms with Crippen LogP contribution < -0.4 is 5.32 Å². The Bertz CT molecular complexity index is 202. The molecule has 1 aliphatic heterocycles. The molecule has 0 bridgehead atoms. The maximum absolute atomic E-state index is 11.7. The van der Waals surface area contributed by atoms with Gasteiger partial charge < -0.3 is 9.97 Å². The molecule has 1 N–H and O–H groups in total. The van der Waals surface area contributed by atoms with E-state index >= 15 is 0 Å². The van der Waals surface area contributed by atoms with Crippen molar-refractivity contribution in [3.8, 4) is 0 Å². The summed E-state index contributed by atoms with van der Waals surface area (Å²) in [6, 6.07) is 0. The third-order valence-corrected chi connectivity index (χ3v) is 3.33. The summed E-state index contributed by atoms with van der Waals surface area (Å²) in [5, 5.41) is 3.33. The van der Waals surface area contributed by atoms with Gasteiger partial charge in [0, 0.05) is 0 Å². The van der Waals surface area contributed by atoms with Crippen molar-refractivity contribution in [1.82, 2.24) is 5.32 Å². The molecule has 1 aliphatic rings. The van der Waals surface area contributed by atoms with E-state index in [2.05, 4.69) is 12.2 Å². The molecule has 0 aromatic heterocycles. The first-order chi connectivity index (χ1) is 7.29. The van der Waals surface area contributed by atoms with Crippen LogP contribution in [0.2, 0.25) is 0 Å². The molecule has 0 aliphatic carbocycles. The number of rotatable bonds is 5. The number of halogens is 2. The lowest BCUT2D eigenvalue weighted by Gasteiger charge is -2.29. The van der Waals surface area contributed by atoms with E-state index in [1.54, 1.807) is 0 Å². The highest BCUT2D eigenvalue weighted by Gasteiger charge is 2.29. The second-order valence-corrected chi connectivity index (χ2v) is 4.36. The summed E-state index contributed by atoms with van der Waals surface area (Å²) in [4.78, 5) is 11.7. The lowest BCUT2D eigenvalue weighted by Crippen LogP contribution is -2.35. The number of carbonyl (C=O) groups is 1. The zero-order valence-electron chi connectivity index (χ0n) is 10.7. The van der Waals surface area contributed by atoms with Crippen molar-refractivity contribution in [3.05, 3.63) is 0 Å². The van der Waals surface area contributed by atoms with Crippen molar-refractivity contribution in [2.45, 2.75) is 39.0 Å². The Labute approximate surface area is 118 Å². The Kier molecular flexibility index (Phi) is 12.8. The molecule has 0 radical (unpaired) electrons. The van der Waals surface area contributed by atoms with Crippen LogP contribution in [0.25, 0.3) is 0 Å². The standard InChI is InChI=1S/C11H22BNO2.2ClH/c1-2-3-4-10(11(14)15-12)9-5-7-13-8-6-9;;/h9-10,13H,2-8,12H2,1H3;2*1H. The third-order valence-electron chi connectivity index (χ3n) is 3.33. The fourth-order valence-electron chi connectivity index (χ4n) is 2.37. The van der Waals surface area contributed by atoms with E-state index < -0.39 is 0 Å². The summed E-state index contributed by atoms with van der Waals surface area (Å²) >= 11 is 0. The van der Waals surface area contributed by atoms with Crippen molar-refractivity contribution in [2.24, 2.45) is 11.8 Å². The quantitative estimate of drug-likeness (QED) is 0.781. The van der Waals surface area contributed by atoms with Gasteiger partial charge in [-0.2, -0.15) is 0 Å². The third kappa shape index (κ3) is 6.53. The molecule has 102 valence electrons. The Balaban J connectivity index is 0. The summed E-state index contributed by atoms with van der Waals surface area (Å²) < 4.78 is 4.90. The van der Waals surface area contributed by atoms with Gasteiger partial charge in [-0.25, -0.2) is 0 Å². The largest absolute Gasteiger partial charge is 0.543 e. The molecule has 0 amide bonds. The molecule has 1 rings (SSSR count). The Hall–Kier alpha value is 0.0749. The van der Waals surface area contributed by atoms with Crippen LogP contribution in [-0.4, -0.2) is 27.1 Å². The van der Waals surface area contributed by atoms with Crippen LogP contribution in [0.3, 0.4) is 0 Å². The van der Waals surface area contributed by atoms with Crippen LogP contribution in [0.15, 0.2) is 0 Å². The summed E-state index contributed by atoms with van der Waals surface area (Å²) in [5.41, 5.74) is 0. The zero-order valence-corrected chi connectivity index (χ0v) is 12.4. The minimum Gasteiger partial charge on any atom is -0.543 e. The van der Waals surface area contributed by atoms with Crippen molar-refractivity contribution in [3.63, 3.8) is 0 Å². The number of hydrogen-bond donors (Lipinski definition) is 1. The van der Waals surface area contributed by atoms with Crippen molar-refractivity contribution >= 4 is 38.8 Å². The van der Waals surface area contributed by atoms with Gasteiger partial charge in [0.1, 0.15) is 0 Å². The molecule has 3 nitrogen and oxygen atoms in total. The van der Waals surface area contributed by atoms with E-state index in [0.717, 1.165) is 45.2 Å². The average Bonchev–Trinajstić information content (AvgIpc) is 2.30. The molecule has 1 unspecified atom stereocenters. The summed E-state index contributed by atoms with van der Waals surface area (Å²) in [6.45, 7) is 4.26. The molecule has 1 atom stereocenters. The molecule has 6 heteroatoms. The average molecular weight is 284 g/mol. The number of hydrogen-bond acceptors (Lipinski definition) is 3. The van der Waals surface area contributed by atoms with Crippen LogP contribution in [0.4, 0.5) is 0 Å². The van der Waals surface area contributed by atoms with Gasteiger partial charge in [-0.05, 0) is 38.3 Å². The van der Waals surface area contributed by atoms with Crippen molar-refractivity contribution < 1.29 is 9.45 Å². The summed E-state index contributed by atoms with van der Waals surface area (Å²) in [7, 11) is 1.50. The number of carbonyl (C=O) groups excluding carboxylic acids is 1. The van der Waals surface area contributed by atoms with Gasteiger partial charge in [-0.3, -0.25) is 4.79 Å². The molecular weight excluding hydrogens is 260 g/mol. The van der Waals surface area contributed by atoms with E-state index in [-0.39, 0.29) is 36.7 Å². The lowest BCUT2D eigenvalue weighted by molar-refractivity contribution is -0.141. The van der Waals surface area contributed by atoms with Gasteiger partial charge in [0.2, 0.25) is 0 Å². The Morgan fingerprint density at radius 1 is 1.41 bits per heavy atom. The van der Waals surface area contributed by atoms with Gasteiger partial charge in [-0.1, -0.05) is 19.8 Å². The van der Waals surface area contributed by atoms with Crippen LogP contribution in [0.1, 0.15) is 39.0 Å². The van der Waals surface area contributed by atoms with Gasteiger partial charge in [0.25, 0.3) is 5.97 Å². The summed E-state index contributed by atoms with van der Waals surface area (Å²) in [5.74, 6) is 0.664. The van der Waals surface area contributed by atoms with Gasteiger partial charge >= 0.3 is 8.05 Å². The summed E-state index contributed by atoms with van der Waals surface area (Å²) in [6.07, 6.45) is 5.50. The van der Waals surface area contributed by atoms with Crippen LogP contribution in [0.5, 0.6) is 0 Å². The predicted molar refractivity (Wildman–Crippen MR) is 77.7 cm³/mol. The Morgan fingerprint density at radius 2 is 2.00 bits per heavy atom. The van der Waals surface area contributed by atoms with Crippen LogP contribution in [0, 0.1) is 11.8 Å². The lowest BCUT2D eigenvalue weighted by atomic mass is 9.82. The van der Waals surface area contributed by atoms with Crippen LogP contribution in [-0.2, 0) is 9.45 Å². The monoisotopic (exact) mass is 283 g/mol. The van der Waals surface area contributed by atoms with E-state index in [9.17, 15) is 4.79 Å². The molecule has 0 saturated carbocycles. The fraction of sp³-hybridized carbons (Fsp3) is 0.909. The second kappa shape index (κ2) is 11.2. The van der Waals surface area contributed by atoms with E-state index in [1.165, 1.54) is 8.05 Å². The first-order valence-electron chi connectivity index (χ1n) is 6.08. The van der Waals surface area contributed by atoms with E-state index in [1.807, 2.05) is 0 Å². The molecule has 1 saturated heterocycles. The van der Waals surface area contributed by atoms with E-state index in [0.29, 0.717) is 5.92 Å². The molecule has 0 spiro atoms. The molecule has 17 heavy (non-hydrogen) atoms. The fourth-order valence-corrected chi connectivity index (χ4v) is 2.37. The highest BCUT2D eigenvalue weighted by Crippen LogP contribution is 2.27. The normalized spacial score (nSPS) is 17.5. The van der Waals surface area contributed by atoms with Crippen molar-refractivity contribution in [2.75, 3.05) is 13.1 Å². The maximum atomic E-state index is 11.7. The minimum atomic E-state index is -0.00431. The number of unbranched alkanes of at least 4 members (excludes halogenated alkanes) is 1. The smallest absolute Gasteiger partial charge is 0.325 e. The zero-order chi connectivity index (χ0) is 11.1. The first-order valence-corrected chi connectivity index (χ1v) is 6.08. The topological polar surface area (TPSA) is 38.3 Å². The van der Waals surface area contributed by atoms with Crippen LogP contribution >= 0.6 is 24.8 Å². The SMILES string of the molecule is BOC(=O)C(CCCC)C1CCNCC1.Cl.Cl. The molecule has 1 heterocycles. The molecule has 1 fully saturated rings. The first kappa shape index (κ1) is 19.4. The number of nitrogens with one attached hydrogen (secondary N) is 1. The predicted octanol–water partition coefficient (Wildman–Crippen LogP) is 1.73. The minimum absolute atomic E-state index is 0. The number of piperidine rings is 1. The molecular formula is C11H24BCl2NO2.